The number of hydrogen-bond donors (Lipinski definition) is 5. The first-order chi connectivity index (χ1) is 34.0. The number of nitrogens with one attached hydrogen (secondary N) is 1. The summed E-state index contributed by atoms with van der Waals surface area (Å²) in [5, 5.41) is 44.1. The van der Waals surface area contributed by atoms with Crippen LogP contribution in [-0.4, -0.2) is 57.3 Å². The highest BCUT2D eigenvalue weighted by Crippen LogP contribution is 2.18. The van der Waals surface area contributed by atoms with Gasteiger partial charge in [-0.15, -0.1) is 0 Å². The molecule has 410 valence electrons. The number of aliphatic hydroxyl groups is 4. The molecule has 1 amide bonds. The van der Waals surface area contributed by atoms with Crippen molar-refractivity contribution in [2.45, 2.75) is 366 Å². The van der Waals surface area contributed by atoms with Crippen molar-refractivity contribution >= 4 is 5.91 Å². The second kappa shape index (κ2) is 57.7. The Kier molecular flexibility index (Phi) is 56.7. The maximum absolute atomic E-state index is 12.6. The first kappa shape index (κ1) is 67.8. The van der Waals surface area contributed by atoms with E-state index in [1.807, 2.05) is 0 Å². The number of hydrogen-bond acceptors (Lipinski definition) is 5. The Hall–Kier alpha value is -1.21. The highest BCUT2D eigenvalue weighted by molar-refractivity contribution is 5.80. The summed E-state index contributed by atoms with van der Waals surface area (Å²) in [6.07, 6.45) is 71.3. The molecule has 0 saturated carbocycles. The summed E-state index contributed by atoms with van der Waals surface area (Å²) in [5.41, 5.74) is 0. The third kappa shape index (κ3) is 51.5. The molecule has 5 N–H and O–H groups in total. The van der Waals surface area contributed by atoms with Crippen molar-refractivity contribution in [3.63, 3.8) is 0 Å². The molecule has 0 heterocycles. The predicted octanol–water partition coefficient (Wildman–Crippen LogP) is 18.6. The third-order valence-corrected chi connectivity index (χ3v) is 14.9. The number of aliphatic hydroxyl groups excluding tert-OH is 4. The topological polar surface area (TPSA) is 110 Å². The molecule has 0 spiro atoms. The molecule has 0 aliphatic carbocycles. The summed E-state index contributed by atoms with van der Waals surface area (Å²) in [4.78, 5) is 12.6. The lowest BCUT2D eigenvalue weighted by molar-refractivity contribution is -0.132. The van der Waals surface area contributed by atoms with Gasteiger partial charge in [0, 0.05) is 0 Å². The van der Waals surface area contributed by atoms with E-state index in [9.17, 15) is 25.2 Å². The zero-order valence-electron chi connectivity index (χ0n) is 46.6. The summed E-state index contributed by atoms with van der Waals surface area (Å²) < 4.78 is 0. The van der Waals surface area contributed by atoms with Crippen LogP contribution < -0.4 is 5.32 Å². The molecule has 0 saturated heterocycles. The molecular weight excluding hydrogens is 851 g/mol. The van der Waals surface area contributed by atoms with Crippen LogP contribution in [0.25, 0.3) is 0 Å². The largest absolute Gasteiger partial charge is 0.394 e. The fraction of sp³-hybridized carbons (Fsp3) is 0.921. The minimum absolute atomic E-state index is 0.363. The van der Waals surface area contributed by atoms with E-state index in [4.69, 9.17) is 0 Å². The normalized spacial score (nSPS) is 13.8. The van der Waals surface area contributed by atoms with Gasteiger partial charge < -0.3 is 25.7 Å². The summed E-state index contributed by atoms with van der Waals surface area (Å²) in [6.45, 7) is 4.09. The van der Waals surface area contributed by atoms with E-state index in [1.54, 1.807) is 0 Å². The van der Waals surface area contributed by atoms with Crippen molar-refractivity contribution < 1.29 is 25.2 Å². The lowest BCUT2D eigenvalue weighted by Gasteiger charge is -2.27. The van der Waals surface area contributed by atoms with Crippen molar-refractivity contribution in [1.82, 2.24) is 5.32 Å². The van der Waals surface area contributed by atoms with Crippen LogP contribution in [0.4, 0.5) is 0 Å². The average Bonchev–Trinajstić information content (AvgIpc) is 3.35. The SMILES string of the molecule is CCCCCCCCCCCCCC/C=C\CCCCCCCCCCCC(O)C(=O)NC(CO)C(O)C(O)CCC/C=C/CCCCCCCCCCCCCCCCCCCCCCCCC. The van der Waals surface area contributed by atoms with Crippen molar-refractivity contribution in [3.05, 3.63) is 24.3 Å². The monoisotopic (exact) mass is 974 g/mol. The maximum Gasteiger partial charge on any atom is 0.249 e. The Morgan fingerprint density at radius 2 is 0.594 bits per heavy atom. The maximum atomic E-state index is 12.6. The van der Waals surface area contributed by atoms with E-state index in [1.165, 1.54) is 276 Å². The molecular formula is C63H123NO5. The fourth-order valence-corrected chi connectivity index (χ4v) is 9.99. The quantitative estimate of drug-likeness (QED) is 0.0308. The van der Waals surface area contributed by atoms with Crippen molar-refractivity contribution in [3.8, 4) is 0 Å². The van der Waals surface area contributed by atoms with Gasteiger partial charge in [0.15, 0.2) is 0 Å². The van der Waals surface area contributed by atoms with Crippen LogP contribution in [0.15, 0.2) is 24.3 Å². The number of unbranched alkanes of at least 4 members (excludes halogenated alkanes) is 45. The second-order valence-electron chi connectivity index (χ2n) is 21.7. The van der Waals surface area contributed by atoms with Crippen LogP contribution in [0, 0.1) is 0 Å². The van der Waals surface area contributed by atoms with Crippen molar-refractivity contribution in [2.75, 3.05) is 6.61 Å². The minimum atomic E-state index is -1.28. The molecule has 0 fully saturated rings. The van der Waals surface area contributed by atoms with E-state index >= 15 is 0 Å². The molecule has 6 heteroatoms. The molecule has 4 unspecified atom stereocenters. The van der Waals surface area contributed by atoms with Gasteiger partial charge in [0.05, 0.1) is 18.8 Å². The van der Waals surface area contributed by atoms with Gasteiger partial charge in [-0.25, -0.2) is 0 Å². The Bertz CT molecular complexity index is 1050. The summed E-state index contributed by atoms with van der Waals surface area (Å²) in [5.74, 6) is -0.590. The molecule has 0 aromatic rings. The van der Waals surface area contributed by atoms with Crippen molar-refractivity contribution in [2.24, 2.45) is 0 Å². The van der Waals surface area contributed by atoms with Gasteiger partial charge >= 0.3 is 0 Å². The van der Waals surface area contributed by atoms with E-state index in [0.717, 1.165) is 38.5 Å². The molecule has 0 aliphatic rings. The second-order valence-corrected chi connectivity index (χ2v) is 21.7. The average molecular weight is 975 g/mol. The Labute approximate surface area is 431 Å². The molecule has 0 aromatic carbocycles. The fourth-order valence-electron chi connectivity index (χ4n) is 9.99. The predicted molar refractivity (Wildman–Crippen MR) is 302 cm³/mol. The molecule has 4 atom stereocenters. The first-order valence-corrected chi connectivity index (χ1v) is 31.2. The van der Waals surface area contributed by atoms with E-state index in [0.29, 0.717) is 12.8 Å². The van der Waals surface area contributed by atoms with Gasteiger partial charge in [0.1, 0.15) is 12.2 Å². The van der Waals surface area contributed by atoms with E-state index in [-0.39, 0.29) is 0 Å². The molecule has 0 radical (unpaired) electrons. The summed E-state index contributed by atoms with van der Waals surface area (Å²) >= 11 is 0. The number of allylic oxidation sites excluding steroid dienone is 4. The molecule has 0 rings (SSSR count). The molecule has 0 aliphatic heterocycles. The van der Waals surface area contributed by atoms with Crippen LogP contribution in [-0.2, 0) is 4.79 Å². The number of carbonyl (C=O) groups is 1. The summed E-state index contributed by atoms with van der Waals surface area (Å²) in [7, 11) is 0. The van der Waals surface area contributed by atoms with Crippen LogP contribution in [0.3, 0.4) is 0 Å². The van der Waals surface area contributed by atoms with E-state index in [2.05, 4.69) is 43.5 Å². The number of amides is 1. The van der Waals surface area contributed by atoms with Crippen LogP contribution in [0.5, 0.6) is 0 Å². The van der Waals surface area contributed by atoms with Gasteiger partial charge in [-0.1, -0.05) is 301 Å². The van der Waals surface area contributed by atoms with Gasteiger partial charge in [-0.2, -0.15) is 0 Å². The molecule has 69 heavy (non-hydrogen) atoms. The Morgan fingerprint density at radius 3 is 0.870 bits per heavy atom. The zero-order valence-corrected chi connectivity index (χ0v) is 46.6. The standard InChI is InChI=1S/C63H123NO5/c1-3-5-7-9-11-13-15-17-19-21-23-25-27-29-30-31-33-34-36-38-40-42-44-46-48-50-52-54-56-60(66)62(68)59(58-65)64-63(69)61(67)57-55-53-51-49-47-45-43-41-39-37-35-32-28-26-24-22-20-18-16-14-12-10-8-6-4-2/h32,35,48,50,59-62,65-68H,3-31,33-34,36-47,49,51-58H2,1-2H3,(H,64,69)/b35-32-,50-48+. The highest BCUT2D eigenvalue weighted by Gasteiger charge is 2.28. The van der Waals surface area contributed by atoms with Gasteiger partial charge in [0.25, 0.3) is 0 Å². The zero-order chi connectivity index (χ0) is 50.2. The Balaban J connectivity index is 3.61. The van der Waals surface area contributed by atoms with Gasteiger partial charge in [-0.05, 0) is 64.2 Å². The minimum Gasteiger partial charge on any atom is -0.394 e. The van der Waals surface area contributed by atoms with E-state index < -0.39 is 36.9 Å². The van der Waals surface area contributed by atoms with Crippen LogP contribution in [0.2, 0.25) is 0 Å². The smallest absolute Gasteiger partial charge is 0.249 e. The number of rotatable bonds is 58. The first-order valence-electron chi connectivity index (χ1n) is 31.2. The Morgan fingerprint density at radius 1 is 0.348 bits per heavy atom. The van der Waals surface area contributed by atoms with Crippen molar-refractivity contribution in [1.29, 1.82) is 0 Å². The lowest BCUT2D eigenvalue weighted by Crippen LogP contribution is -2.53. The highest BCUT2D eigenvalue weighted by atomic mass is 16.3. The third-order valence-electron chi connectivity index (χ3n) is 14.9. The summed E-state index contributed by atoms with van der Waals surface area (Å²) in [6, 6.07) is -1.00. The van der Waals surface area contributed by atoms with Gasteiger partial charge in [-0.3, -0.25) is 4.79 Å². The molecule has 6 nitrogen and oxygen atoms in total. The molecule has 0 aromatic heterocycles. The van der Waals surface area contributed by atoms with Crippen LogP contribution in [0.1, 0.15) is 341 Å². The molecule has 0 bridgehead atoms. The number of carbonyl (C=O) groups excluding carboxylic acids is 1. The van der Waals surface area contributed by atoms with Gasteiger partial charge in [0.2, 0.25) is 5.91 Å². The lowest BCUT2D eigenvalue weighted by atomic mass is 10.00. The van der Waals surface area contributed by atoms with Crippen LogP contribution >= 0.6 is 0 Å².